The van der Waals surface area contributed by atoms with Crippen LogP contribution in [0, 0.1) is 12.7 Å². The Kier molecular flexibility index (Phi) is 7.59. The van der Waals surface area contributed by atoms with Gasteiger partial charge in [0.1, 0.15) is 22.8 Å². The lowest BCUT2D eigenvalue weighted by Gasteiger charge is -2.26. The highest BCUT2D eigenvalue weighted by atomic mass is 32.1. The molecule has 0 spiro atoms. The number of fused-ring (bicyclic) bond motifs is 3. The van der Waals surface area contributed by atoms with Gasteiger partial charge in [0.25, 0.3) is 0 Å². The summed E-state index contributed by atoms with van der Waals surface area (Å²) in [6, 6.07) is 4.94. The normalized spacial score (nSPS) is 17.9. The SMILES string of the molecule is CCN(C/C=C/C(=O)N1CCc2c(sc3ncnc(Nc4ccc(F)c(C)c4)c23)C1)CC1CCCO1. The van der Waals surface area contributed by atoms with Crippen LogP contribution < -0.4 is 5.32 Å². The monoisotopic (exact) mass is 509 g/mol. The maximum absolute atomic E-state index is 13.7. The maximum Gasteiger partial charge on any atom is 0.246 e. The lowest BCUT2D eigenvalue weighted by Crippen LogP contribution is -2.35. The number of halogens is 1. The Balaban J connectivity index is 1.26. The Labute approximate surface area is 215 Å². The van der Waals surface area contributed by atoms with Gasteiger partial charge in [-0.1, -0.05) is 13.0 Å². The number of thiophene rings is 1. The molecule has 1 N–H and O–H groups in total. The number of aromatic nitrogens is 2. The molecule has 0 saturated carbocycles. The number of amides is 1. The molecule has 0 radical (unpaired) electrons. The molecule has 1 amide bonds. The quantitative estimate of drug-likeness (QED) is 0.439. The molecule has 1 saturated heterocycles. The Morgan fingerprint density at radius 1 is 1.39 bits per heavy atom. The molecule has 1 atom stereocenters. The van der Waals surface area contributed by atoms with E-state index in [2.05, 4.69) is 27.1 Å². The third-order valence-electron chi connectivity index (χ3n) is 6.93. The van der Waals surface area contributed by atoms with E-state index in [1.165, 1.54) is 11.6 Å². The molecule has 1 aromatic carbocycles. The minimum Gasteiger partial charge on any atom is -0.377 e. The summed E-state index contributed by atoms with van der Waals surface area (Å²) in [6.45, 7) is 8.56. The molecule has 7 nitrogen and oxygen atoms in total. The molecule has 2 aliphatic rings. The zero-order chi connectivity index (χ0) is 25.1. The van der Waals surface area contributed by atoms with Gasteiger partial charge in [0.2, 0.25) is 5.91 Å². The van der Waals surface area contributed by atoms with Gasteiger partial charge in [-0.3, -0.25) is 9.69 Å². The van der Waals surface area contributed by atoms with Gasteiger partial charge >= 0.3 is 0 Å². The van der Waals surface area contributed by atoms with Gasteiger partial charge < -0.3 is 15.0 Å². The van der Waals surface area contributed by atoms with Crippen molar-refractivity contribution in [2.75, 3.05) is 38.1 Å². The minimum absolute atomic E-state index is 0.0393. The van der Waals surface area contributed by atoms with Gasteiger partial charge in [0.15, 0.2) is 0 Å². The molecule has 3 aromatic rings. The molecule has 190 valence electrons. The third kappa shape index (κ3) is 5.43. The maximum atomic E-state index is 13.7. The van der Waals surface area contributed by atoms with Gasteiger partial charge in [-0.05, 0) is 62.1 Å². The second kappa shape index (κ2) is 11.0. The van der Waals surface area contributed by atoms with Crippen molar-refractivity contribution in [3.05, 3.63) is 58.5 Å². The molecule has 1 fully saturated rings. The fourth-order valence-corrected chi connectivity index (χ4v) is 6.09. The summed E-state index contributed by atoms with van der Waals surface area (Å²) >= 11 is 1.61. The van der Waals surface area contributed by atoms with E-state index in [0.717, 1.165) is 66.3 Å². The summed E-state index contributed by atoms with van der Waals surface area (Å²) in [6.07, 6.45) is 8.55. The Morgan fingerprint density at radius 3 is 3.06 bits per heavy atom. The second-order valence-electron chi connectivity index (χ2n) is 9.39. The van der Waals surface area contributed by atoms with Crippen molar-refractivity contribution in [2.45, 2.75) is 45.8 Å². The molecular formula is C27H32FN5O2S. The Morgan fingerprint density at radius 2 is 2.28 bits per heavy atom. The zero-order valence-corrected chi connectivity index (χ0v) is 21.6. The van der Waals surface area contributed by atoms with Crippen molar-refractivity contribution in [1.82, 2.24) is 19.8 Å². The van der Waals surface area contributed by atoms with Crippen LogP contribution in [0.1, 0.15) is 35.8 Å². The standard InChI is InChI=1S/C27H32FN5O2S/c1-3-32(15-20-6-5-13-35-20)11-4-7-24(34)33-12-10-21-23(16-33)36-27-25(21)26(29-17-30-27)31-19-8-9-22(28)18(2)14-19/h4,7-9,14,17,20H,3,5-6,10-13,15-16H2,1-2H3,(H,29,30,31)/b7-4+. The molecule has 0 aliphatic carbocycles. The Hall–Kier alpha value is -2.88. The van der Waals surface area contributed by atoms with E-state index in [4.69, 9.17) is 4.74 Å². The van der Waals surface area contributed by atoms with Crippen LogP contribution in [-0.4, -0.2) is 64.6 Å². The third-order valence-corrected chi connectivity index (χ3v) is 8.05. The van der Waals surface area contributed by atoms with E-state index in [0.29, 0.717) is 30.6 Å². The highest BCUT2D eigenvalue weighted by Gasteiger charge is 2.26. The number of aryl methyl sites for hydroxylation is 1. The first-order chi connectivity index (χ1) is 17.5. The lowest BCUT2D eigenvalue weighted by atomic mass is 10.0. The van der Waals surface area contributed by atoms with Crippen LogP contribution in [0.25, 0.3) is 10.2 Å². The number of rotatable bonds is 8. The highest BCUT2D eigenvalue weighted by Crippen LogP contribution is 2.38. The first-order valence-electron chi connectivity index (χ1n) is 12.6. The van der Waals surface area contributed by atoms with E-state index >= 15 is 0 Å². The van der Waals surface area contributed by atoms with Crippen LogP contribution >= 0.6 is 11.3 Å². The second-order valence-corrected chi connectivity index (χ2v) is 10.5. The zero-order valence-electron chi connectivity index (χ0n) is 20.8. The van der Waals surface area contributed by atoms with Gasteiger partial charge in [-0.2, -0.15) is 0 Å². The molecule has 2 aromatic heterocycles. The number of carbonyl (C=O) groups is 1. The van der Waals surface area contributed by atoms with Gasteiger partial charge in [0, 0.05) is 42.9 Å². The molecule has 36 heavy (non-hydrogen) atoms. The number of ether oxygens (including phenoxy) is 1. The highest BCUT2D eigenvalue weighted by molar-refractivity contribution is 7.19. The van der Waals surface area contributed by atoms with Gasteiger partial charge in [0.05, 0.1) is 18.0 Å². The van der Waals surface area contributed by atoms with Crippen molar-refractivity contribution < 1.29 is 13.9 Å². The molecule has 4 heterocycles. The average Bonchev–Trinajstić information content (AvgIpc) is 3.53. The summed E-state index contributed by atoms with van der Waals surface area (Å²) < 4.78 is 19.4. The minimum atomic E-state index is -0.231. The summed E-state index contributed by atoms with van der Waals surface area (Å²) in [5.74, 6) is 0.525. The number of likely N-dealkylation sites (N-methyl/N-ethyl adjacent to an activating group) is 1. The molecule has 1 unspecified atom stereocenters. The summed E-state index contributed by atoms with van der Waals surface area (Å²) in [5.41, 5.74) is 2.56. The number of hydrogen-bond acceptors (Lipinski definition) is 7. The predicted octanol–water partition coefficient (Wildman–Crippen LogP) is 4.82. The van der Waals surface area contributed by atoms with E-state index < -0.39 is 0 Å². The molecule has 2 aliphatic heterocycles. The van der Waals surface area contributed by atoms with Crippen molar-refractivity contribution in [1.29, 1.82) is 0 Å². The van der Waals surface area contributed by atoms with E-state index in [1.54, 1.807) is 42.8 Å². The number of nitrogens with one attached hydrogen (secondary N) is 1. The predicted molar refractivity (Wildman–Crippen MR) is 141 cm³/mol. The number of carbonyl (C=O) groups excluding carboxylic acids is 1. The van der Waals surface area contributed by atoms with E-state index in [-0.39, 0.29) is 11.7 Å². The fourth-order valence-electron chi connectivity index (χ4n) is 4.89. The summed E-state index contributed by atoms with van der Waals surface area (Å²) in [7, 11) is 0. The average molecular weight is 510 g/mol. The van der Waals surface area contributed by atoms with E-state index in [1.807, 2.05) is 11.0 Å². The lowest BCUT2D eigenvalue weighted by molar-refractivity contribution is -0.126. The summed E-state index contributed by atoms with van der Waals surface area (Å²) in [4.78, 5) is 28.1. The fraction of sp³-hybridized carbons (Fsp3) is 0.444. The van der Waals surface area contributed by atoms with Crippen molar-refractivity contribution >= 4 is 39.0 Å². The first-order valence-corrected chi connectivity index (χ1v) is 13.4. The topological polar surface area (TPSA) is 70.6 Å². The molecule has 9 heteroatoms. The van der Waals surface area contributed by atoms with Crippen molar-refractivity contribution in [2.24, 2.45) is 0 Å². The number of anilines is 2. The van der Waals surface area contributed by atoms with E-state index in [9.17, 15) is 9.18 Å². The first kappa shape index (κ1) is 24.8. The molecule has 0 bridgehead atoms. The van der Waals surface area contributed by atoms with Crippen LogP contribution in [0.15, 0.2) is 36.7 Å². The smallest absolute Gasteiger partial charge is 0.246 e. The van der Waals surface area contributed by atoms with Gasteiger partial charge in [-0.15, -0.1) is 11.3 Å². The van der Waals surface area contributed by atoms with Crippen LogP contribution in [0.5, 0.6) is 0 Å². The van der Waals surface area contributed by atoms with Crippen molar-refractivity contribution in [3.63, 3.8) is 0 Å². The Bertz CT molecular complexity index is 1270. The summed E-state index contributed by atoms with van der Waals surface area (Å²) in [5, 5.41) is 4.33. The van der Waals surface area contributed by atoms with Crippen LogP contribution in [0.4, 0.5) is 15.9 Å². The van der Waals surface area contributed by atoms with Crippen molar-refractivity contribution in [3.8, 4) is 0 Å². The van der Waals surface area contributed by atoms with Crippen LogP contribution in [-0.2, 0) is 22.5 Å². The van der Waals surface area contributed by atoms with Crippen LogP contribution in [0.3, 0.4) is 0 Å². The van der Waals surface area contributed by atoms with Gasteiger partial charge in [-0.25, -0.2) is 14.4 Å². The largest absolute Gasteiger partial charge is 0.377 e. The molecular weight excluding hydrogens is 477 g/mol. The van der Waals surface area contributed by atoms with Crippen LogP contribution in [0.2, 0.25) is 0 Å². The number of nitrogens with zero attached hydrogens (tertiary/aromatic N) is 4. The molecule has 5 rings (SSSR count). The number of benzene rings is 1. The number of hydrogen-bond donors (Lipinski definition) is 1.